The van der Waals surface area contributed by atoms with E-state index in [1.54, 1.807) is 12.1 Å². The van der Waals surface area contributed by atoms with Crippen LogP contribution in [-0.2, 0) is 9.59 Å². The first-order chi connectivity index (χ1) is 16.0. The van der Waals surface area contributed by atoms with Gasteiger partial charge in [0.25, 0.3) is 11.8 Å². The predicted octanol–water partition coefficient (Wildman–Crippen LogP) is 4.02. The lowest BCUT2D eigenvalue weighted by Gasteiger charge is -2.14. The van der Waals surface area contributed by atoms with Crippen LogP contribution in [0.2, 0.25) is 0 Å². The van der Waals surface area contributed by atoms with Crippen LogP contribution in [0.4, 0.5) is 26.1 Å². The van der Waals surface area contributed by atoms with Crippen molar-refractivity contribution in [2.75, 3.05) is 28.6 Å². The van der Waals surface area contributed by atoms with Crippen LogP contribution in [0.3, 0.4) is 0 Å². The summed E-state index contributed by atoms with van der Waals surface area (Å²) in [6, 6.07) is 11.2. The summed E-state index contributed by atoms with van der Waals surface area (Å²) >= 11 is 0. The lowest BCUT2D eigenvalue weighted by molar-refractivity contribution is -0.118. The zero-order chi connectivity index (χ0) is 23.2. The minimum atomic E-state index is -0.863. The molecule has 0 radical (unpaired) electrons. The van der Waals surface area contributed by atoms with Gasteiger partial charge in [-0.1, -0.05) is 24.3 Å². The van der Waals surface area contributed by atoms with Crippen LogP contribution in [-0.4, -0.2) is 34.9 Å². The van der Waals surface area contributed by atoms with Crippen LogP contribution < -0.4 is 15.5 Å². The number of carbonyl (C=O) groups excluding carboxylic acids is 2. The average molecular weight is 449 g/mol. The van der Waals surface area contributed by atoms with Gasteiger partial charge in [-0.15, -0.1) is 0 Å². The molecule has 0 atom stereocenters. The topological polar surface area (TPSA) is 87.2 Å². The van der Waals surface area contributed by atoms with Crippen LogP contribution in [0.5, 0.6) is 0 Å². The van der Waals surface area contributed by atoms with Crippen molar-refractivity contribution in [3.63, 3.8) is 0 Å². The number of halogens is 2. The summed E-state index contributed by atoms with van der Waals surface area (Å²) in [5, 5.41) is 4.76. The van der Waals surface area contributed by atoms with Crippen LogP contribution in [0, 0.1) is 11.6 Å². The second kappa shape index (κ2) is 9.99. The Morgan fingerprint density at radius 2 is 1.30 bits per heavy atom. The minimum absolute atomic E-state index is 0.0901. The Kier molecular flexibility index (Phi) is 6.68. The van der Waals surface area contributed by atoms with Gasteiger partial charge >= 0.3 is 0 Å². The third-order valence-electron chi connectivity index (χ3n) is 5.09. The van der Waals surface area contributed by atoms with E-state index in [1.807, 2.05) is 4.90 Å². The normalized spacial score (nSPS) is 12.8. The standard InChI is InChI=1S/C24H21F2N5O2/c25-18-7-1-3-9-20(18)29-22(32)17(23(33)30-21-10-4-2-8-19(21)26)13-16-14-27-24(28-15-16)31-11-5-6-12-31/h1-4,7-10,13-15H,5-6,11-12H2,(H,29,32)(H,30,33). The van der Waals surface area contributed by atoms with Gasteiger partial charge in [-0.25, -0.2) is 18.7 Å². The van der Waals surface area contributed by atoms with Crippen LogP contribution in [0.25, 0.3) is 6.08 Å². The fourth-order valence-electron chi connectivity index (χ4n) is 3.39. The van der Waals surface area contributed by atoms with E-state index in [0.717, 1.165) is 25.9 Å². The summed E-state index contributed by atoms with van der Waals surface area (Å²) in [4.78, 5) is 36.5. The Hall–Kier alpha value is -4.14. The van der Waals surface area contributed by atoms with Crippen LogP contribution >= 0.6 is 0 Å². The van der Waals surface area contributed by atoms with Crippen molar-refractivity contribution in [2.45, 2.75) is 12.8 Å². The quantitative estimate of drug-likeness (QED) is 0.337. The number of rotatable bonds is 6. The largest absolute Gasteiger partial charge is 0.341 e. The van der Waals surface area contributed by atoms with Gasteiger partial charge in [0.15, 0.2) is 0 Å². The van der Waals surface area contributed by atoms with E-state index in [2.05, 4.69) is 20.6 Å². The molecule has 0 bridgehead atoms. The van der Waals surface area contributed by atoms with Crippen molar-refractivity contribution in [3.05, 3.63) is 83.7 Å². The number of anilines is 3. The van der Waals surface area contributed by atoms with Gasteiger partial charge in [-0.3, -0.25) is 9.59 Å². The fraction of sp³-hybridized carbons (Fsp3) is 0.167. The van der Waals surface area contributed by atoms with Gasteiger partial charge in [0, 0.05) is 31.0 Å². The molecule has 1 aliphatic rings. The summed E-state index contributed by atoms with van der Waals surface area (Å²) in [5.41, 5.74) is -0.153. The highest BCUT2D eigenvalue weighted by atomic mass is 19.1. The first-order valence-corrected chi connectivity index (χ1v) is 10.4. The summed E-state index contributed by atoms with van der Waals surface area (Å²) in [7, 11) is 0. The Labute approximate surface area is 189 Å². The molecule has 1 aromatic heterocycles. The highest BCUT2D eigenvalue weighted by molar-refractivity contribution is 6.28. The molecule has 4 rings (SSSR count). The minimum Gasteiger partial charge on any atom is -0.341 e. The molecular weight excluding hydrogens is 428 g/mol. The first-order valence-electron chi connectivity index (χ1n) is 10.4. The van der Waals surface area contributed by atoms with Crippen LogP contribution in [0.1, 0.15) is 18.4 Å². The predicted molar refractivity (Wildman–Crippen MR) is 122 cm³/mol. The van der Waals surface area contributed by atoms with Crippen molar-refractivity contribution in [1.82, 2.24) is 9.97 Å². The molecule has 2 heterocycles. The van der Waals surface area contributed by atoms with Crippen molar-refractivity contribution in [3.8, 4) is 0 Å². The number of nitrogens with one attached hydrogen (secondary N) is 2. The smallest absolute Gasteiger partial charge is 0.261 e. The molecule has 7 nitrogen and oxygen atoms in total. The van der Waals surface area contributed by atoms with Gasteiger partial charge in [0.2, 0.25) is 5.95 Å². The molecule has 1 saturated heterocycles. The molecule has 0 unspecified atom stereocenters. The number of amides is 2. The van der Waals surface area contributed by atoms with Gasteiger partial charge in [-0.05, 0) is 43.2 Å². The van der Waals surface area contributed by atoms with E-state index < -0.39 is 23.4 Å². The van der Waals surface area contributed by atoms with Gasteiger partial charge in [0.1, 0.15) is 17.2 Å². The summed E-state index contributed by atoms with van der Waals surface area (Å²) < 4.78 is 28.0. The van der Waals surface area contributed by atoms with E-state index in [-0.39, 0.29) is 16.9 Å². The third kappa shape index (κ3) is 5.38. The third-order valence-corrected chi connectivity index (χ3v) is 5.09. The number of para-hydroxylation sites is 2. The molecule has 0 spiro atoms. The highest BCUT2D eigenvalue weighted by Crippen LogP contribution is 2.19. The molecule has 0 aliphatic carbocycles. The Bertz CT molecular complexity index is 1130. The lowest BCUT2D eigenvalue weighted by atomic mass is 10.1. The Morgan fingerprint density at radius 1 is 0.818 bits per heavy atom. The van der Waals surface area contributed by atoms with Gasteiger partial charge in [0.05, 0.1) is 11.4 Å². The average Bonchev–Trinajstić information content (AvgIpc) is 3.36. The van der Waals surface area contributed by atoms with E-state index >= 15 is 0 Å². The van der Waals surface area contributed by atoms with E-state index in [1.165, 1.54) is 54.9 Å². The molecule has 33 heavy (non-hydrogen) atoms. The molecule has 0 saturated carbocycles. The van der Waals surface area contributed by atoms with Gasteiger partial charge in [-0.2, -0.15) is 0 Å². The Morgan fingerprint density at radius 3 is 1.79 bits per heavy atom. The number of hydrogen-bond donors (Lipinski definition) is 2. The zero-order valence-electron chi connectivity index (χ0n) is 17.6. The van der Waals surface area contributed by atoms with E-state index in [9.17, 15) is 18.4 Å². The molecule has 3 aromatic rings. The fourth-order valence-corrected chi connectivity index (χ4v) is 3.39. The maximum atomic E-state index is 14.0. The monoisotopic (exact) mass is 449 g/mol. The molecule has 9 heteroatoms. The molecule has 1 fully saturated rings. The number of nitrogens with zero attached hydrogens (tertiary/aromatic N) is 3. The summed E-state index contributed by atoms with van der Waals surface area (Å²) in [6.07, 6.45) is 6.41. The van der Waals surface area contributed by atoms with Crippen molar-refractivity contribution >= 4 is 35.2 Å². The number of carbonyl (C=O) groups is 2. The molecule has 2 N–H and O–H groups in total. The summed E-state index contributed by atoms with van der Waals surface area (Å²) in [6.45, 7) is 1.74. The van der Waals surface area contributed by atoms with Gasteiger partial charge < -0.3 is 15.5 Å². The summed E-state index contributed by atoms with van der Waals surface area (Å²) in [5.74, 6) is -2.47. The second-order valence-electron chi connectivity index (χ2n) is 7.44. The maximum absolute atomic E-state index is 14.0. The molecule has 2 amide bonds. The van der Waals surface area contributed by atoms with E-state index in [4.69, 9.17) is 0 Å². The molecule has 1 aliphatic heterocycles. The molecule has 168 valence electrons. The highest BCUT2D eigenvalue weighted by Gasteiger charge is 2.21. The second-order valence-corrected chi connectivity index (χ2v) is 7.44. The SMILES string of the molecule is O=C(Nc1ccccc1F)C(=Cc1cnc(N2CCCC2)nc1)C(=O)Nc1ccccc1F. The first kappa shape index (κ1) is 22.1. The number of hydrogen-bond acceptors (Lipinski definition) is 5. The van der Waals surface area contributed by atoms with Crippen molar-refractivity contribution in [1.29, 1.82) is 0 Å². The van der Waals surface area contributed by atoms with Crippen LogP contribution in [0.15, 0.2) is 66.5 Å². The van der Waals surface area contributed by atoms with E-state index in [0.29, 0.717) is 11.5 Å². The lowest BCUT2D eigenvalue weighted by Crippen LogP contribution is -2.26. The van der Waals surface area contributed by atoms with Crippen molar-refractivity contribution < 1.29 is 18.4 Å². The van der Waals surface area contributed by atoms with Crippen molar-refractivity contribution in [2.24, 2.45) is 0 Å². The molecule has 2 aromatic carbocycles. The number of benzene rings is 2. The Balaban J connectivity index is 1.62. The maximum Gasteiger partial charge on any atom is 0.261 e. The zero-order valence-corrected chi connectivity index (χ0v) is 17.6. The number of aromatic nitrogens is 2. The molecular formula is C24H21F2N5O2.